The second-order valence-electron chi connectivity index (χ2n) is 7.10. The SMILES string of the molecule is C=CC(=O)NCC1CCCC2(CN(C(=O)OC(C)(C)C)C2)O1. The van der Waals surface area contributed by atoms with Gasteiger partial charge in [0.1, 0.15) is 11.2 Å². The predicted octanol–water partition coefficient (Wildman–Crippen LogP) is 1.85. The minimum absolute atomic E-state index is 0.00145. The molecule has 1 N–H and O–H groups in total. The van der Waals surface area contributed by atoms with Crippen molar-refractivity contribution in [1.82, 2.24) is 10.2 Å². The van der Waals surface area contributed by atoms with Crippen LogP contribution in [0.4, 0.5) is 4.79 Å². The molecule has 1 unspecified atom stereocenters. The van der Waals surface area contributed by atoms with Gasteiger partial charge in [0.25, 0.3) is 0 Å². The molecule has 0 saturated carbocycles. The molecule has 124 valence electrons. The lowest BCUT2D eigenvalue weighted by atomic mass is 9.85. The number of likely N-dealkylation sites (tertiary alicyclic amines) is 1. The van der Waals surface area contributed by atoms with E-state index in [2.05, 4.69) is 11.9 Å². The van der Waals surface area contributed by atoms with Gasteiger partial charge in [0.15, 0.2) is 0 Å². The molecule has 6 heteroatoms. The van der Waals surface area contributed by atoms with Crippen LogP contribution in [0.5, 0.6) is 0 Å². The summed E-state index contributed by atoms with van der Waals surface area (Å²) in [6.07, 6.45) is 3.87. The van der Waals surface area contributed by atoms with Crippen LogP contribution in [-0.4, -0.2) is 53.8 Å². The number of nitrogens with one attached hydrogen (secondary N) is 1. The van der Waals surface area contributed by atoms with Gasteiger partial charge in [-0.05, 0) is 46.1 Å². The van der Waals surface area contributed by atoms with Crippen LogP contribution >= 0.6 is 0 Å². The number of nitrogens with zero attached hydrogens (tertiary/aromatic N) is 1. The Labute approximate surface area is 131 Å². The highest BCUT2D eigenvalue weighted by Crippen LogP contribution is 2.37. The van der Waals surface area contributed by atoms with Crippen LogP contribution in [0, 0.1) is 0 Å². The molecule has 2 aliphatic heterocycles. The maximum atomic E-state index is 12.0. The molecule has 0 aromatic rings. The summed E-state index contributed by atoms with van der Waals surface area (Å²) in [6.45, 7) is 10.6. The summed E-state index contributed by atoms with van der Waals surface area (Å²) in [5.41, 5.74) is -0.747. The minimum Gasteiger partial charge on any atom is -0.444 e. The van der Waals surface area contributed by atoms with Gasteiger partial charge < -0.3 is 19.7 Å². The van der Waals surface area contributed by atoms with Crippen LogP contribution in [-0.2, 0) is 14.3 Å². The second kappa shape index (κ2) is 6.28. The number of carbonyl (C=O) groups is 2. The summed E-state index contributed by atoms with van der Waals surface area (Å²) in [4.78, 5) is 24.9. The molecule has 2 amide bonds. The molecule has 2 fully saturated rings. The Bertz CT molecular complexity index is 450. The van der Waals surface area contributed by atoms with Crippen molar-refractivity contribution in [2.24, 2.45) is 0 Å². The molecule has 2 rings (SSSR count). The summed E-state index contributed by atoms with van der Waals surface area (Å²) in [5, 5.41) is 2.77. The molecule has 0 aliphatic carbocycles. The first-order valence-corrected chi connectivity index (χ1v) is 7.79. The van der Waals surface area contributed by atoms with Gasteiger partial charge in [-0.1, -0.05) is 6.58 Å². The first kappa shape index (κ1) is 16.8. The van der Waals surface area contributed by atoms with Crippen molar-refractivity contribution in [3.8, 4) is 0 Å². The molecule has 2 heterocycles. The normalized spacial score (nSPS) is 23.6. The lowest BCUT2D eigenvalue weighted by Gasteiger charge is -2.53. The van der Waals surface area contributed by atoms with Crippen LogP contribution in [0.15, 0.2) is 12.7 Å². The zero-order valence-electron chi connectivity index (χ0n) is 13.7. The van der Waals surface area contributed by atoms with E-state index in [1.54, 1.807) is 4.90 Å². The fraction of sp³-hybridized carbons (Fsp3) is 0.750. The standard InChI is InChI=1S/C16H26N2O4/c1-5-13(19)17-9-12-7-6-8-16(21-12)10-18(11-16)14(20)22-15(2,3)4/h5,12H,1,6-11H2,2-4H3,(H,17,19). The maximum absolute atomic E-state index is 12.0. The third kappa shape index (κ3) is 4.22. The first-order valence-electron chi connectivity index (χ1n) is 7.79. The first-order chi connectivity index (χ1) is 10.2. The Morgan fingerprint density at radius 3 is 2.73 bits per heavy atom. The lowest BCUT2D eigenvalue weighted by molar-refractivity contribution is -0.191. The monoisotopic (exact) mass is 310 g/mol. The van der Waals surface area contributed by atoms with Gasteiger partial charge in [-0.2, -0.15) is 0 Å². The van der Waals surface area contributed by atoms with Crippen LogP contribution in [0.2, 0.25) is 0 Å². The van der Waals surface area contributed by atoms with Crippen molar-refractivity contribution in [1.29, 1.82) is 0 Å². The highest BCUT2D eigenvalue weighted by atomic mass is 16.6. The maximum Gasteiger partial charge on any atom is 0.410 e. The third-order valence-electron chi connectivity index (χ3n) is 3.87. The average molecular weight is 310 g/mol. The van der Waals surface area contributed by atoms with Crippen molar-refractivity contribution in [3.05, 3.63) is 12.7 Å². The smallest absolute Gasteiger partial charge is 0.410 e. The molecule has 22 heavy (non-hydrogen) atoms. The van der Waals surface area contributed by atoms with E-state index in [1.165, 1.54) is 6.08 Å². The van der Waals surface area contributed by atoms with Crippen molar-refractivity contribution >= 4 is 12.0 Å². The number of rotatable bonds is 3. The lowest BCUT2D eigenvalue weighted by Crippen LogP contribution is -2.67. The van der Waals surface area contributed by atoms with Crippen LogP contribution in [0.1, 0.15) is 40.0 Å². The van der Waals surface area contributed by atoms with E-state index in [9.17, 15) is 9.59 Å². The highest BCUT2D eigenvalue weighted by molar-refractivity contribution is 5.86. The van der Waals surface area contributed by atoms with E-state index < -0.39 is 5.60 Å². The van der Waals surface area contributed by atoms with E-state index in [1.807, 2.05) is 20.8 Å². The van der Waals surface area contributed by atoms with Crippen molar-refractivity contribution in [3.63, 3.8) is 0 Å². The molecule has 2 saturated heterocycles. The van der Waals surface area contributed by atoms with E-state index in [4.69, 9.17) is 9.47 Å². The largest absolute Gasteiger partial charge is 0.444 e. The zero-order valence-corrected chi connectivity index (χ0v) is 13.7. The van der Waals surface area contributed by atoms with Crippen molar-refractivity contribution in [2.45, 2.75) is 57.3 Å². The van der Waals surface area contributed by atoms with Gasteiger partial charge in [0, 0.05) is 6.54 Å². The number of hydrogen-bond acceptors (Lipinski definition) is 4. The topological polar surface area (TPSA) is 67.9 Å². The van der Waals surface area contributed by atoms with Crippen molar-refractivity contribution < 1.29 is 19.1 Å². The summed E-state index contributed by atoms with van der Waals surface area (Å²) in [7, 11) is 0. The van der Waals surface area contributed by atoms with Crippen LogP contribution in [0.25, 0.3) is 0 Å². The molecule has 1 atom stereocenters. The highest BCUT2D eigenvalue weighted by Gasteiger charge is 2.50. The number of ether oxygens (including phenoxy) is 2. The van der Waals surface area contributed by atoms with Crippen molar-refractivity contribution in [2.75, 3.05) is 19.6 Å². The summed E-state index contributed by atoms with van der Waals surface area (Å²) >= 11 is 0. The molecule has 0 radical (unpaired) electrons. The molecular formula is C16H26N2O4. The van der Waals surface area contributed by atoms with E-state index in [0.29, 0.717) is 19.6 Å². The Morgan fingerprint density at radius 1 is 1.45 bits per heavy atom. The zero-order chi connectivity index (χ0) is 16.4. The van der Waals surface area contributed by atoms with Gasteiger partial charge >= 0.3 is 6.09 Å². The summed E-state index contributed by atoms with van der Waals surface area (Å²) < 4.78 is 11.5. The quantitative estimate of drug-likeness (QED) is 0.808. The van der Waals surface area contributed by atoms with Gasteiger partial charge in [-0.15, -0.1) is 0 Å². The molecule has 0 aromatic heterocycles. The number of amides is 2. The number of hydrogen-bond donors (Lipinski definition) is 1. The van der Waals surface area contributed by atoms with Crippen LogP contribution in [0.3, 0.4) is 0 Å². The fourth-order valence-corrected chi connectivity index (χ4v) is 2.89. The molecular weight excluding hydrogens is 284 g/mol. The predicted molar refractivity (Wildman–Crippen MR) is 82.5 cm³/mol. The Hall–Kier alpha value is -1.56. The average Bonchev–Trinajstić information content (AvgIpc) is 2.40. The molecule has 2 aliphatic rings. The third-order valence-corrected chi connectivity index (χ3v) is 3.87. The Balaban J connectivity index is 1.80. The minimum atomic E-state index is -0.481. The summed E-state index contributed by atoms with van der Waals surface area (Å²) in [5.74, 6) is -0.188. The van der Waals surface area contributed by atoms with Gasteiger partial charge in [0.05, 0.1) is 19.2 Å². The Kier molecular flexibility index (Phi) is 4.80. The van der Waals surface area contributed by atoms with E-state index in [0.717, 1.165) is 19.3 Å². The van der Waals surface area contributed by atoms with Gasteiger partial charge in [0.2, 0.25) is 5.91 Å². The summed E-state index contributed by atoms with van der Waals surface area (Å²) in [6, 6.07) is 0. The van der Waals surface area contributed by atoms with E-state index in [-0.39, 0.29) is 23.7 Å². The second-order valence-corrected chi connectivity index (χ2v) is 7.10. The molecule has 1 spiro atoms. The van der Waals surface area contributed by atoms with Gasteiger partial charge in [-0.3, -0.25) is 4.79 Å². The number of carbonyl (C=O) groups excluding carboxylic acids is 2. The Morgan fingerprint density at radius 2 is 2.14 bits per heavy atom. The van der Waals surface area contributed by atoms with Gasteiger partial charge in [-0.25, -0.2) is 4.79 Å². The fourth-order valence-electron chi connectivity index (χ4n) is 2.89. The van der Waals surface area contributed by atoms with Crippen LogP contribution < -0.4 is 5.32 Å². The molecule has 0 bridgehead atoms. The molecule has 0 aromatic carbocycles. The molecule has 6 nitrogen and oxygen atoms in total. The van der Waals surface area contributed by atoms with E-state index >= 15 is 0 Å².